The number of aromatic nitrogens is 2. The molecule has 0 bridgehead atoms. The number of aliphatic hydroxyl groups excluding tert-OH is 2. The van der Waals surface area contributed by atoms with Crippen molar-refractivity contribution in [2.45, 2.75) is 51.7 Å². The van der Waals surface area contributed by atoms with Gasteiger partial charge in [0.05, 0.1) is 30.5 Å². The van der Waals surface area contributed by atoms with Gasteiger partial charge in [0.1, 0.15) is 24.7 Å². The zero-order valence-electron chi connectivity index (χ0n) is 23.2. The van der Waals surface area contributed by atoms with Gasteiger partial charge in [0, 0.05) is 35.6 Å². The van der Waals surface area contributed by atoms with Crippen LogP contribution in [-0.4, -0.2) is 38.1 Å². The number of β-amino-alcohol motifs (C(OH)–C–C–N with tert-alkyl or cyclic N) is 1. The summed E-state index contributed by atoms with van der Waals surface area (Å²) in [6, 6.07) is 23.4. The molecule has 0 unspecified atom stereocenters. The maximum atomic E-state index is 10.2. The average molecular weight is 564 g/mol. The molecule has 2 atom stereocenters. The summed E-state index contributed by atoms with van der Waals surface area (Å²) in [6.45, 7) is 7.64. The Morgan fingerprint density at radius 1 is 0.725 bits per heavy atom. The number of ether oxygens (including phenoxy) is 2. The van der Waals surface area contributed by atoms with Gasteiger partial charge in [-0.1, -0.05) is 60.7 Å². The average Bonchev–Trinajstić information content (AvgIpc) is 2.98. The van der Waals surface area contributed by atoms with Crippen molar-refractivity contribution in [3.8, 4) is 11.5 Å². The normalized spacial score (nSPS) is 12.6. The van der Waals surface area contributed by atoms with E-state index in [1.54, 1.807) is 30.9 Å². The van der Waals surface area contributed by atoms with E-state index in [2.05, 4.69) is 36.1 Å². The topological polar surface area (TPSA) is 96.7 Å². The van der Waals surface area contributed by atoms with E-state index in [1.165, 1.54) is 0 Å². The molecule has 2 aromatic carbocycles. The highest BCUT2D eigenvalue weighted by Crippen LogP contribution is 2.20. The van der Waals surface area contributed by atoms with E-state index in [4.69, 9.17) is 21.1 Å². The first kappa shape index (κ1) is 31.0. The van der Waals surface area contributed by atoms with Crippen molar-refractivity contribution >= 4 is 11.6 Å². The lowest BCUT2D eigenvalue weighted by atomic mass is 10.1. The summed E-state index contributed by atoms with van der Waals surface area (Å²) in [5.74, 6) is 1.43. The molecule has 40 heavy (non-hydrogen) atoms. The predicted octanol–water partition coefficient (Wildman–Crippen LogP) is 6.01. The smallest absolute Gasteiger partial charge is 0.138 e. The zero-order valence-corrected chi connectivity index (χ0v) is 24.0. The number of hydrogen-bond donors (Lipinski definition) is 3. The Bertz CT molecular complexity index is 1270. The maximum Gasteiger partial charge on any atom is 0.138 e. The van der Waals surface area contributed by atoms with Crippen molar-refractivity contribution < 1.29 is 19.7 Å². The minimum absolute atomic E-state index is 0.0319. The standard InChI is InChI=1S/C18H24N2O2.C14H14ClNO2/c1-18(2,3)20-12-17(21)15-9-16(11-19-10-15)22-13-14-7-5-4-6-8-14;15-7-14(17)12-6-13(9-16-8-12)18-10-11-4-2-1-3-5-11/h4-11,17,20-21H,12-13H2,1-3H3;1-6,8-9,14,17H,7,10H2/t17-;14-/m00/s1. The van der Waals surface area contributed by atoms with Crippen molar-refractivity contribution in [1.82, 2.24) is 15.3 Å². The van der Waals surface area contributed by atoms with Gasteiger partial charge >= 0.3 is 0 Å². The third-order valence-electron chi connectivity index (χ3n) is 5.71. The predicted molar refractivity (Wildman–Crippen MR) is 158 cm³/mol. The van der Waals surface area contributed by atoms with Crippen LogP contribution in [0.3, 0.4) is 0 Å². The quantitative estimate of drug-likeness (QED) is 0.192. The maximum absolute atomic E-state index is 10.2. The first-order valence-corrected chi connectivity index (χ1v) is 13.7. The highest BCUT2D eigenvalue weighted by molar-refractivity contribution is 6.18. The van der Waals surface area contributed by atoms with Gasteiger partial charge < -0.3 is 25.0 Å². The van der Waals surface area contributed by atoms with Crippen LogP contribution in [0.4, 0.5) is 0 Å². The number of nitrogens with one attached hydrogen (secondary N) is 1. The van der Waals surface area contributed by atoms with Gasteiger partial charge in [-0.3, -0.25) is 9.97 Å². The van der Waals surface area contributed by atoms with E-state index in [0.29, 0.717) is 36.8 Å². The number of halogens is 1. The molecule has 7 nitrogen and oxygen atoms in total. The number of hydrogen-bond acceptors (Lipinski definition) is 7. The lowest BCUT2D eigenvalue weighted by Gasteiger charge is -2.23. The first-order valence-electron chi connectivity index (χ1n) is 13.1. The molecule has 0 aliphatic carbocycles. The molecule has 3 N–H and O–H groups in total. The van der Waals surface area contributed by atoms with Gasteiger partial charge in [-0.05, 0) is 44.0 Å². The second-order valence-corrected chi connectivity index (χ2v) is 10.6. The van der Waals surface area contributed by atoms with Gasteiger partial charge in [-0.25, -0.2) is 0 Å². The van der Waals surface area contributed by atoms with Crippen LogP contribution in [0, 0.1) is 0 Å². The van der Waals surface area contributed by atoms with Crippen LogP contribution in [0.2, 0.25) is 0 Å². The Labute approximate surface area is 241 Å². The second kappa shape index (κ2) is 15.9. The molecular weight excluding hydrogens is 526 g/mol. The van der Waals surface area contributed by atoms with E-state index in [1.807, 2.05) is 66.7 Å². The summed E-state index contributed by atoms with van der Waals surface area (Å²) >= 11 is 5.59. The summed E-state index contributed by atoms with van der Waals surface area (Å²) in [4.78, 5) is 8.17. The molecule has 0 aliphatic rings. The Morgan fingerprint density at radius 2 is 1.18 bits per heavy atom. The lowest BCUT2D eigenvalue weighted by molar-refractivity contribution is 0.162. The summed E-state index contributed by atoms with van der Waals surface area (Å²) in [6.07, 6.45) is 5.22. The molecule has 0 amide bonds. The monoisotopic (exact) mass is 563 g/mol. The fourth-order valence-corrected chi connectivity index (χ4v) is 3.66. The molecule has 2 heterocycles. The van der Waals surface area contributed by atoms with E-state index in [-0.39, 0.29) is 11.4 Å². The van der Waals surface area contributed by atoms with Crippen LogP contribution in [0.5, 0.6) is 11.5 Å². The number of aliphatic hydroxyl groups is 2. The zero-order chi connectivity index (χ0) is 28.8. The summed E-state index contributed by atoms with van der Waals surface area (Å²) in [5, 5.41) is 23.1. The third kappa shape index (κ3) is 11.3. The van der Waals surface area contributed by atoms with Crippen LogP contribution in [0.15, 0.2) is 97.6 Å². The molecule has 8 heteroatoms. The van der Waals surface area contributed by atoms with Gasteiger partial charge in [-0.15, -0.1) is 11.6 Å². The molecule has 212 valence electrons. The molecule has 0 spiro atoms. The minimum atomic E-state index is -0.709. The summed E-state index contributed by atoms with van der Waals surface area (Å²) < 4.78 is 11.3. The highest BCUT2D eigenvalue weighted by atomic mass is 35.5. The lowest BCUT2D eigenvalue weighted by Crippen LogP contribution is -2.38. The molecule has 2 aromatic heterocycles. The van der Waals surface area contributed by atoms with Crippen molar-refractivity contribution in [2.75, 3.05) is 12.4 Å². The Kier molecular flexibility index (Phi) is 12.4. The summed E-state index contributed by atoms with van der Waals surface area (Å²) in [5.41, 5.74) is 3.57. The van der Waals surface area contributed by atoms with Crippen LogP contribution in [0.25, 0.3) is 0 Å². The Morgan fingerprint density at radius 3 is 1.60 bits per heavy atom. The number of rotatable bonds is 11. The summed E-state index contributed by atoms with van der Waals surface area (Å²) in [7, 11) is 0. The SMILES string of the molecule is CC(C)(C)NC[C@H](O)c1cncc(OCc2ccccc2)c1.O[C@@H](CCl)c1cncc(OCc2ccccc2)c1. The van der Waals surface area contributed by atoms with Gasteiger partial charge in [0.2, 0.25) is 0 Å². The van der Waals surface area contributed by atoms with Gasteiger partial charge in [-0.2, -0.15) is 0 Å². The minimum Gasteiger partial charge on any atom is -0.487 e. The van der Waals surface area contributed by atoms with Crippen molar-refractivity contribution in [2.24, 2.45) is 0 Å². The van der Waals surface area contributed by atoms with Crippen molar-refractivity contribution in [3.05, 3.63) is 120 Å². The number of pyridine rings is 2. The molecule has 0 radical (unpaired) electrons. The number of nitrogens with zero attached hydrogens (tertiary/aromatic N) is 2. The van der Waals surface area contributed by atoms with Crippen LogP contribution >= 0.6 is 11.6 Å². The van der Waals surface area contributed by atoms with Gasteiger partial charge in [0.25, 0.3) is 0 Å². The molecule has 4 aromatic rings. The molecule has 0 saturated carbocycles. The van der Waals surface area contributed by atoms with E-state index >= 15 is 0 Å². The van der Waals surface area contributed by atoms with E-state index in [9.17, 15) is 10.2 Å². The fraction of sp³-hybridized carbons (Fsp3) is 0.312. The largest absolute Gasteiger partial charge is 0.487 e. The number of benzene rings is 2. The van der Waals surface area contributed by atoms with Crippen molar-refractivity contribution in [1.29, 1.82) is 0 Å². The molecule has 0 fully saturated rings. The highest BCUT2D eigenvalue weighted by Gasteiger charge is 2.14. The molecule has 0 aliphatic heterocycles. The number of alkyl halides is 1. The fourth-order valence-electron chi connectivity index (χ4n) is 3.49. The van der Waals surface area contributed by atoms with Crippen LogP contribution < -0.4 is 14.8 Å². The molecule has 0 saturated heterocycles. The van der Waals surface area contributed by atoms with Crippen LogP contribution in [0.1, 0.15) is 55.2 Å². The van der Waals surface area contributed by atoms with Crippen molar-refractivity contribution in [3.63, 3.8) is 0 Å². The van der Waals surface area contributed by atoms with Gasteiger partial charge in [0.15, 0.2) is 0 Å². The van der Waals surface area contributed by atoms with E-state index < -0.39 is 12.2 Å². The Balaban J connectivity index is 0.000000225. The first-order chi connectivity index (χ1) is 19.2. The van der Waals surface area contributed by atoms with E-state index in [0.717, 1.165) is 16.7 Å². The molecule has 4 rings (SSSR count). The third-order valence-corrected chi connectivity index (χ3v) is 6.00. The second-order valence-electron chi connectivity index (χ2n) is 10.3. The molecular formula is C32H38ClN3O4. The van der Waals surface area contributed by atoms with Crippen LogP contribution in [-0.2, 0) is 13.2 Å². The Hall–Kier alpha value is -3.49.